The van der Waals surface area contributed by atoms with E-state index in [-0.39, 0.29) is 12.6 Å². The highest BCUT2D eigenvalue weighted by Crippen LogP contribution is 2.49. The fourth-order valence-electron chi connectivity index (χ4n) is 5.40. The van der Waals surface area contributed by atoms with Gasteiger partial charge >= 0.3 is 8.25 Å². The van der Waals surface area contributed by atoms with Crippen LogP contribution in [0.3, 0.4) is 0 Å². The number of benzene rings is 5. The summed E-state index contributed by atoms with van der Waals surface area (Å²) in [4.78, 5) is 0. The van der Waals surface area contributed by atoms with Crippen molar-refractivity contribution in [3.63, 3.8) is 0 Å². The number of nitrogens with one attached hydrogen (secondary N) is 1. The zero-order chi connectivity index (χ0) is 27.2. The minimum absolute atomic E-state index is 0.257. The Morgan fingerprint density at radius 3 is 1.70 bits per heavy atom. The Morgan fingerprint density at radius 2 is 1.15 bits per heavy atom. The van der Waals surface area contributed by atoms with E-state index in [1.54, 1.807) is 0 Å². The Kier molecular flexibility index (Phi) is 8.25. The smallest absolute Gasteiger partial charge is 0.304 e. The highest BCUT2D eigenvalue weighted by molar-refractivity contribution is 7.79. The summed E-state index contributed by atoms with van der Waals surface area (Å²) >= 11 is 0. The lowest BCUT2D eigenvalue weighted by atomic mass is 9.80. The van der Waals surface area contributed by atoms with Gasteiger partial charge in [0.05, 0.1) is 6.04 Å². The average molecular weight is 563 g/mol. The first-order valence-electron chi connectivity index (χ1n) is 13.4. The third kappa shape index (κ3) is 5.43. The van der Waals surface area contributed by atoms with E-state index >= 15 is 0 Å². The lowest BCUT2D eigenvalue weighted by molar-refractivity contribution is -0.00486. The van der Waals surface area contributed by atoms with E-state index < -0.39 is 21.8 Å². The first-order chi connectivity index (χ1) is 19.8. The zero-order valence-corrected chi connectivity index (χ0v) is 23.8. The van der Waals surface area contributed by atoms with Crippen molar-refractivity contribution < 1.29 is 13.6 Å². The molecule has 6 rings (SSSR count). The normalized spacial score (nSPS) is 17.5. The number of hydrogen-bond donors (Lipinski definition) is 1. The molecule has 0 aliphatic carbocycles. The van der Waals surface area contributed by atoms with Crippen molar-refractivity contribution in [2.24, 2.45) is 0 Å². The Bertz CT molecular complexity index is 1470. The van der Waals surface area contributed by atoms with E-state index in [1.807, 2.05) is 60.7 Å². The summed E-state index contributed by atoms with van der Waals surface area (Å²) in [6, 6.07) is 49.9. The van der Waals surface area contributed by atoms with Gasteiger partial charge in [0.25, 0.3) is 0 Å². The monoisotopic (exact) mass is 562 g/mol. The molecule has 0 amide bonds. The molecule has 5 aromatic rings. The standard InChI is InChI=1S/C34H30NO3P2/c36-40-37-26-33(34(38-40,28-16-5-1-6-17-28)29-18-7-2-8-19-29)35-25-27-15-13-14-24-32(27)39(30-20-9-3-10-21-30)31-22-11-4-12-23-31/h1-24,33,35H,25-26H2/q+1/t33-/m0/s1. The average Bonchev–Trinajstić information content (AvgIpc) is 3.03. The van der Waals surface area contributed by atoms with Crippen molar-refractivity contribution in [3.8, 4) is 0 Å². The predicted molar refractivity (Wildman–Crippen MR) is 164 cm³/mol. The molecule has 4 nitrogen and oxygen atoms in total. The third-order valence-electron chi connectivity index (χ3n) is 7.26. The maximum atomic E-state index is 12.8. The van der Waals surface area contributed by atoms with Crippen molar-refractivity contribution in [2.75, 3.05) is 6.61 Å². The molecular weight excluding hydrogens is 532 g/mol. The van der Waals surface area contributed by atoms with Crippen LogP contribution in [-0.4, -0.2) is 12.6 Å². The molecule has 40 heavy (non-hydrogen) atoms. The highest BCUT2D eigenvalue weighted by atomic mass is 31.1. The Balaban J connectivity index is 1.39. The summed E-state index contributed by atoms with van der Waals surface area (Å²) in [6.45, 7) is 0.859. The molecule has 0 saturated carbocycles. The van der Waals surface area contributed by atoms with Gasteiger partial charge in [-0.2, -0.15) is 0 Å². The SMILES string of the molecule is O=[P+]1OC[C@H](NCc2ccccc2P(c2ccccc2)c2ccccc2)C(c2ccccc2)(c2ccccc2)O1. The molecule has 5 aromatic carbocycles. The zero-order valence-electron chi connectivity index (χ0n) is 22.0. The van der Waals surface area contributed by atoms with Crippen LogP contribution < -0.4 is 21.2 Å². The van der Waals surface area contributed by atoms with E-state index in [1.165, 1.54) is 21.5 Å². The van der Waals surface area contributed by atoms with Crippen LogP contribution in [0, 0.1) is 0 Å². The molecule has 6 heteroatoms. The molecule has 0 bridgehead atoms. The molecule has 2 atom stereocenters. The second kappa shape index (κ2) is 12.4. The summed E-state index contributed by atoms with van der Waals surface area (Å²) in [6.07, 6.45) is 0. The Hall–Kier alpha value is -3.49. The van der Waals surface area contributed by atoms with E-state index in [0.29, 0.717) is 6.54 Å². The minimum Gasteiger partial charge on any atom is -0.304 e. The molecular formula is C34H30NO3P2+. The number of hydrogen-bond acceptors (Lipinski definition) is 4. The summed E-state index contributed by atoms with van der Waals surface area (Å²) in [7, 11) is -3.05. The maximum absolute atomic E-state index is 12.8. The Morgan fingerprint density at radius 1 is 0.675 bits per heavy atom. The first kappa shape index (κ1) is 26.7. The van der Waals surface area contributed by atoms with Crippen LogP contribution in [0.1, 0.15) is 16.7 Å². The summed E-state index contributed by atoms with van der Waals surface area (Å²) in [5, 5.41) is 7.69. The Labute approximate surface area is 237 Å². The van der Waals surface area contributed by atoms with E-state index in [0.717, 1.165) is 11.1 Å². The third-order valence-corrected chi connectivity index (χ3v) is 10.6. The molecule has 1 aliphatic heterocycles. The van der Waals surface area contributed by atoms with E-state index in [2.05, 4.69) is 90.2 Å². The second-order valence-corrected chi connectivity index (χ2v) is 12.7. The summed E-state index contributed by atoms with van der Waals surface area (Å²) in [5.41, 5.74) is 2.13. The molecule has 1 unspecified atom stereocenters. The summed E-state index contributed by atoms with van der Waals surface area (Å²) in [5.74, 6) is 0. The van der Waals surface area contributed by atoms with Crippen LogP contribution in [-0.2, 0) is 25.8 Å². The van der Waals surface area contributed by atoms with Crippen LogP contribution >= 0.6 is 16.2 Å². The molecule has 0 aromatic heterocycles. The van der Waals surface area contributed by atoms with Crippen molar-refractivity contribution >= 4 is 32.1 Å². The molecule has 1 heterocycles. The second-order valence-electron chi connectivity index (χ2n) is 9.65. The molecule has 1 fully saturated rings. The van der Waals surface area contributed by atoms with Crippen LogP contribution in [0.5, 0.6) is 0 Å². The quantitative estimate of drug-likeness (QED) is 0.218. The lowest BCUT2D eigenvalue weighted by Gasteiger charge is -2.38. The van der Waals surface area contributed by atoms with Gasteiger partial charge in [-0.15, -0.1) is 9.05 Å². The number of rotatable bonds is 8. The van der Waals surface area contributed by atoms with Crippen molar-refractivity contribution in [1.82, 2.24) is 5.32 Å². The van der Waals surface area contributed by atoms with Crippen molar-refractivity contribution in [1.29, 1.82) is 0 Å². The fraction of sp³-hybridized carbons (Fsp3) is 0.118. The van der Waals surface area contributed by atoms with E-state index in [4.69, 9.17) is 9.05 Å². The van der Waals surface area contributed by atoms with Crippen molar-refractivity contribution in [3.05, 3.63) is 162 Å². The van der Waals surface area contributed by atoms with Crippen molar-refractivity contribution in [2.45, 2.75) is 18.2 Å². The lowest BCUT2D eigenvalue weighted by Crippen LogP contribution is -2.54. The van der Waals surface area contributed by atoms with Crippen LogP contribution in [0.4, 0.5) is 0 Å². The van der Waals surface area contributed by atoms with Gasteiger partial charge in [0.15, 0.2) is 5.60 Å². The van der Waals surface area contributed by atoms with Gasteiger partial charge < -0.3 is 5.32 Å². The van der Waals surface area contributed by atoms with Gasteiger partial charge in [-0.25, -0.2) is 0 Å². The minimum atomic E-state index is -2.28. The van der Waals surface area contributed by atoms with Gasteiger partial charge in [0.1, 0.15) is 6.61 Å². The van der Waals surface area contributed by atoms with Gasteiger partial charge in [-0.3, -0.25) is 0 Å². The van der Waals surface area contributed by atoms with Crippen LogP contribution in [0.15, 0.2) is 146 Å². The molecule has 1 aliphatic rings. The first-order valence-corrected chi connectivity index (χ1v) is 15.8. The van der Waals surface area contributed by atoms with Gasteiger partial charge in [-0.1, -0.05) is 146 Å². The van der Waals surface area contributed by atoms with Gasteiger partial charge in [0, 0.05) is 11.1 Å². The topological polar surface area (TPSA) is 47.6 Å². The van der Waals surface area contributed by atoms with Crippen LogP contribution in [0.25, 0.3) is 0 Å². The molecule has 1 saturated heterocycles. The molecule has 0 radical (unpaired) electrons. The fourth-order valence-corrected chi connectivity index (χ4v) is 8.77. The molecule has 198 valence electrons. The van der Waals surface area contributed by atoms with E-state index in [9.17, 15) is 4.57 Å². The maximum Gasteiger partial charge on any atom is 0.698 e. The molecule has 0 spiro atoms. The largest absolute Gasteiger partial charge is 0.698 e. The predicted octanol–water partition coefficient (Wildman–Crippen LogP) is 6.55. The highest BCUT2D eigenvalue weighted by Gasteiger charge is 2.55. The van der Waals surface area contributed by atoms with Gasteiger partial charge in [-0.05, 0) is 40.5 Å². The van der Waals surface area contributed by atoms with Crippen LogP contribution in [0.2, 0.25) is 0 Å². The molecule has 1 N–H and O–H groups in total. The summed E-state index contributed by atoms with van der Waals surface area (Å²) < 4.78 is 24.7. The van der Waals surface area contributed by atoms with Gasteiger partial charge in [0.2, 0.25) is 0 Å².